The molecule has 3 N–H and O–H groups in total. The summed E-state index contributed by atoms with van der Waals surface area (Å²) in [4.78, 5) is 41.3. The zero-order valence-electron chi connectivity index (χ0n) is 21.7. The average Bonchev–Trinajstić information content (AvgIpc) is 3.72. The van der Waals surface area contributed by atoms with Gasteiger partial charge < -0.3 is 20.9 Å². The smallest absolute Gasteiger partial charge is 0.255 e. The Bertz CT molecular complexity index is 1160. The van der Waals surface area contributed by atoms with Gasteiger partial charge >= 0.3 is 0 Å². The molecule has 0 aromatic heterocycles. The molecule has 8 nitrogen and oxygen atoms in total. The van der Waals surface area contributed by atoms with E-state index >= 15 is 8.78 Å². The Morgan fingerprint density at radius 3 is 2.67 bits per heavy atom. The number of hydrogen-bond donors (Lipinski definition) is 3. The highest BCUT2D eigenvalue weighted by Crippen LogP contribution is 2.49. The van der Waals surface area contributed by atoms with Gasteiger partial charge in [-0.2, -0.15) is 5.26 Å². The summed E-state index contributed by atoms with van der Waals surface area (Å²) in [6, 6.07) is 5.10. The van der Waals surface area contributed by atoms with E-state index in [0.29, 0.717) is 42.4 Å². The second-order valence-corrected chi connectivity index (χ2v) is 11.9. The number of nitrogens with one attached hydrogen (secondary N) is 3. The van der Waals surface area contributed by atoms with E-state index in [2.05, 4.69) is 16.0 Å². The van der Waals surface area contributed by atoms with Gasteiger partial charge in [0, 0.05) is 35.6 Å². The van der Waals surface area contributed by atoms with Crippen molar-refractivity contribution in [3.8, 4) is 6.07 Å². The Morgan fingerprint density at radius 1 is 1.21 bits per heavy atom. The highest BCUT2D eigenvalue weighted by Gasteiger charge is 2.61. The number of hydrogen-bond acceptors (Lipinski definition) is 5. The van der Waals surface area contributed by atoms with E-state index in [4.69, 9.17) is 11.6 Å². The summed E-state index contributed by atoms with van der Waals surface area (Å²) >= 11 is 6.14. The molecule has 2 saturated carbocycles. The van der Waals surface area contributed by atoms with Crippen molar-refractivity contribution < 1.29 is 23.2 Å². The minimum absolute atomic E-state index is 0.0971. The van der Waals surface area contributed by atoms with Gasteiger partial charge in [-0.3, -0.25) is 14.4 Å². The fraction of sp³-hybridized carbons (Fsp3) is 0.643. The summed E-state index contributed by atoms with van der Waals surface area (Å²) in [7, 11) is 0. The Morgan fingerprint density at radius 2 is 2.00 bits per heavy atom. The molecular weight excluding hydrogens is 528 g/mol. The summed E-state index contributed by atoms with van der Waals surface area (Å²) in [5, 5.41) is 18.9. The zero-order valence-corrected chi connectivity index (χ0v) is 22.4. The van der Waals surface area contributed by atoms with Crippen LogP contribution in [-0.4, -0.2) is 59.3 Å². The van der Waals surface area contributed by atoms with Gasteiger partial charge in [0.2, 0.25) is 17.7 Å². The summed E-state index contributed by atoms with van der Waals surface area (Å²) in [6.07, 6.45) is 4.01. The van der Waals surface area contributed by atoms with Crippen LogP contribution in [-0.2, 0) is 14.4 Å². The van der Waals surface area contributed by atoms with Gasteiger partial charge in [0.15, 0.2) is 0 Å². The van der Waals surface area contributed by atoms with Gasteiger partial charge in [0.25, 0.3) is 5.92 Å². The van der Waals surface area contributed by atoms with Crippen molar-refractivity contribution in [1.29, 1.82) is 5.26 Å². The normalized spacial score (nSPS) is 29.1. The molecule has 11 heteroatoms. The number of alkyl halides is 2. The van der Waals surface area contributed by atoms with E-state index < -0.39 is 54.3 Å². The molecule has 5 fully saturated rings. The quantitative estimate of drug-likeness (QED) is 0.424. The standard InChI is InChI=1S/C28H34ClF2N5O3/c29-18-4-1-5-19(13-18)34-23(11-16-6-7-16)27(39)36-21-8-9-22(28(30,31)14-21)24(36)26(38)35-20(15-32)12-17-3-2-10-33-25(17)37/h1,4-5,13,16-17,20-24,34H,2-3,6-12,14H2,(H,33,37)(H,35,38)/t17-,20-,21-,22-,23-,24+/m0/s1. The van der Waals surface area contributed by atoms with Gasteiger partial charge in [-0.25, -0.2) is 8.78 Å². The predicted molar refractivity (Wildman–Crippen MR) is 141 cm³/mol. The minimum atomic E-state index is -3.10. The first kappa shape index (κ1) is 27.6. The molecule has 5 aliphatic rings. The molecule has 3 saturated heterocycles. The molecule has 39 heavy (non-hydrogen) atoms. The number of amides is 3. The van der Waals surface area contributed by atoms with Crippen LogP contribution in [0, 0.1) is 29.1 Å². The molecule has 6 atom stereocenters. The first-order valence-electron chi connectivity index (χ1n) is 13.9. The molecule has 1 aromatic rings. The molecule has 0 spiro atoms. The van der Waals surface area contributed by atoms with Gasteiger partial charge in [0.1, 0.15) is 18.1 Å². The molecule has 2 aliphatic carbocycles. The van der Waals surface area contributed by atoms with Crippen molar-refractivity contribution in [1.82, 2.24) is 15.5 Å². The van der Waals surface area contributed by atoms with E-state index in [-0.39, 0.29) is 24.7 Å². The molecule has 0 unspecified atom stereocenters. The first-order chi connectivity index (χ1) is 18.7. The van der Waals surface area contributed by atoms with Crippen LogP contribution in [0.2, 0.25) is 5.02 Å². The molecule has 210 valence electrons. The number of anilines is 1. The van der Waals surface area contributed by atoms with Gasteiger partial charge in [-0.15, -0.1) is 0 Å². The monoisotopic (exact) mass is 561 g/mol. The molecular formula is C28H34ClF2N5O3. The number of rotatable bonds is 9. The van der Waals surface area contributed by atoms with Crippen molar-refractivity contribution in [2.75, 3.05) is 11.9 Å². The third-order valence-corrected chi connectivity index (χ3v) is 8.82. The number of benzene rings is 1. The molecule has 0 radical (unpaired) electrons. The highest BCUT2D eigenvalue weighted by atomic mass is 35.5. The lowest BCUT2D eigenvalue weighted by Gasteiger charge is -2.54. The van der Waals surface area contributed by atoms with Crippen molar-refractivity contribution in [2.45, 2.75) is 87.9 Å². The lowest BCUT2D eigenvalue weighted by atomic mass is 9.71. The van der Waals surface area contributed by atoms with Gasteiger partial charge in [0.05, 0.1) is 12.0 Å². The fourth-order valence-corrected chi connectivity index (χ4v) is 6.63. The number of piperidine rings is 3. The Kier molecular flexibility index (Phi) is 7.99. The second-order valence-electron chi connectivity index (χ2n) is 11.4. The zero-order chi connectivity index (χ0) is 27.7. The van der Waals surface area contributed by atoms with Crippen LogP contribution >= 0.6 is 11.6 Å². The summed E-state index contributed by atoms with van der Waals surface area (Å²) in [6.45, 7) is 0.571. The largest absolute Gasteiger partial charge is 0.374 e. The van der Waals surface area contributed by atoms with Crippen LogP contribution in [0.15, 0.2) is 24.3 Å². The van der Waals surface area contributed by atoms with Crippen molar-refractivity contribution in [2.24, 2.45) is 17.8 Å². The Balaban J connectivity index is 1.38. The first-order valence-corrected chi connectivity index (χ1v) is 14.2. The fourth-order valence-electron chi connectivity index (χ4n) is 6.44. The van der Waals surface area contributed by atoms with Gasteiger partial charge in [-0.05, 0) is 62.6 Å². The maximum atomic E-state index is 15.1. The van der Waals surface area contributed by atoms with Crippen molar-refractivity contribution in [3.63, 3.8) is 0 Å². The SMILES string of the molecule is N#C[C@H](C[C@@H]1CCCNC1=O)NC(=O)[C@H]1[C@@H]2CC[C@@H](CC2(F)F)N1C(=O)[C@H](CC1CC1)Nc1cccc(Cl)c1. The average molecular weight is 562 g/mol. The molecule has 6 rings (SSSR count). The third kappa shape index (κ3) is 6.13. The molecule has 2 bridgehead atoms. The topological polar surface area (TPSA) is 114 Å². The van der Waals surface area contributed by atoms with Crippen LogP contribution in [0.1, 0.15) is 57.8 Å². The number of carbonyl (C=O) groups excluding carboxylic acids is 3. The van der Waals surface area contributed by atoms with Crippen LogP contribution in [0.4, 0.5) is 14.5 Å². The third-order valence-electron chi connectivity index (χ3n) is 8.58. The van der Waals surface area contributed by atoms with E-state index in [0.717, 1.165) is 19.3 Å². The summed E-state index contributed by atoms with van der Waals surface area (Å²) in [5.74, 6) is -5.83. The van der Waals surface area contributed by atoms with E-state index in [9.17, 15) is 19.6 Å². The summed E-state index contributed by atoms with van der Waals surface area (Å²) in [5.41, 5.74) is 0.644. The maximum Gasteiger partial charge on any atom is 0.255 e. The van der Waals surface area contributed by atoms with Crippen LogP contribution in [0.3, 0.4) is 0 Å². The number of fused-ring (bicyclic) bond motifs is 3. The van der Waals surface area contributed by atoms with E-state index in [1.165, 1.54) is 4.90 Å². The van der Waals surface area contributed by atoms with E-state index in [1.807, 2.05) is 6.07 Å². The summed E-state index contributed by atoms with van der Waals surface area (Å²) < 4.78 is 30.3. The van der Waals surface area contributed by atoms with Crippen LogP contribution in [0.5, 0.6) is 0 Å². The van der Waals surface area contributed by atoms with Crippen LogP contribution in [0.25, 0.3) is 0 Å². The van der Waals surface area contributed by atoms with Gasteiger partial charge in [-0.1, -0.05) is 30.5 Å². The number of carbonyl (C=O) groups is 3. The number of nitrogens with zero attached hydrogens (tertiary/aromatic N) is 2. The lowest BCUT2D eigenvalue weighted by molar-refractivity contribution is -0.194. The lowest BCUT2D eigenvalue weighted by Crippen LogP contribution is -2.70. The molecule has 3 aliphatic heterocycles. The van der Waals surface area contributed by atoms with Crippen LogP contribution < -0.4 is 16.0 Å². The number of halogens is 3. The Labute approximate surface area is 231 Å². The molecule has 3 amide bonds. The Hall–Kier alpha value is -2.93. The minimum Gasteiger partial charge on any atom is -0.374 e. The predicted octanol–water partition coefficient (Wildman–Crippen LogP) is 3.86. The molecule has 3 heterocycles. The second kappa shape index (κ2) is 11.3. The molecule has 1 aromatic carbocycles. The van der Waals surface area contributed by atoms with Crippen molar-refractivity contribution >= 4 is 35.0 Å². The van der Waals surface area contributed by atoms with E-state index in [1.54, 1.807) is 24.3 Å². The number of nitriles is 1. The highest BCUT2D eigenvalue weighted by molar-refractivity contribution is 6.30. The van der Waals surface area contributed by atoms with Crippen molar-refractivity contribution in [3.05, 3.63) is 29.3 Å². The maximum absolute atomic E-state index is 15.1.